The number of nitro groups is 1. The number of carbonyl (C=O) groups is 2. The molecule has 0 amide bonds. The van der Waals surface area contributed by atoms with Crippen molar-refractivity contribution in [1.82, 2.24) is 0 Å². The second kappa shape index (κ2) is 9.10. The summed E-state index contributed by atoms with van der Waals surface area (Å²) in [4.78, 5) is 33.5. The number of allylic oxidation sites excluding steroid dienone is 3. The van der Waals surface area contributed by atoms with E-state index < -0.39 is 17.0 Å². The van der Waals surface area contributed by atoms with E-state index >= 15 is 0 Å². The first kappa shape index (κ1) is 19.6. The average Bonchev–Trinajstić information content (AvgIpc) is 2.65. The number of nitro benzene ring substituents is 1. The Morgan fingerprint density at radius 2 is 1.89 bits per heavy atom. The van der Waals surface area contributed by atoms with E-state index in [1.54, 1.807) is 36.4 Å². The summed E-state index contributed by atoms with van der Waals surface area (Å²) in [6.07, 6.45) is 4.83. The summed E-state index contributed by atoms with van der Waals surface area (Å²) in [6, 6.07) is 12.5. The molecule has 0 aliphatic carbocycles. The minimum Gasteiger partial charge on any atom is -0.479 e. The van der Waals surface area contributed by atoms with Crippen LogP contribution in [0.2, 0.25) is 0 Å². The SMILES string of the molecule is CC(Oc1cccc(C(=O)/C=C/C=C/c2ccccc2[N+](=O)[O-])c1)C(=O)O. The van der Waals surface area contributed by atoms with Gasteiger partial charge in [-0.2, -0.15) is 0 Å². The number of nitrogens with zero attached hydrogens (tertiary/aromatic N) is 1. The third kappa shape index (κ3) is 5.64. The number of carboxylic acids is 1. The largest absolute Gasteiger partial charge is 0.479 e. The highest BCUT2D eigenvalue weighted by atomic mass is 16.6. The molecule has 7 nitrogen and oxygen atoms in total. The second-order valence-corrected chi connectivity index (χ2v) is 5.52. The fraction of sp³-hybridized carbons (Fsp3) is 0.100. The molecular formula is C20H17NO6. The molecule has 0 radical (unpaired) electrons. The zero-order valence-corrected chi connectivity index (χ0v) is 14.4. The summed E-state index contributed by atoms with van der Waals surface area (Å²) in [5.41, 5.74) is 0.740. The molecule has 0 aliphatic heterocycles. The van der Waals surface area contributed by atoms with Crippen molar-refractivity contribution < 1.29 is 24.4 Å². The first-order chi connectivity index (χ1) is 12.9. The lowest BCUT2D eigenvalue weighted by Gasteiger charge is -2.10. The number of carboxylic acid groups (broad SMARTS) is 1. The number of hydrogen-bond acceptors (Lipinski definition) is 5. The predicted molar refractivity (Wildman–Crippen MR) is 99.8 cm³/mol. The molecule has 7 heteroatoms. The minimum absolute atomic E-state index is 0.0223. The van der Waals surface area contributed by atoms with Gasteiger partial charge in [-0.1, -0.05) is 36.4 Å². The molecule has 138 valence electrons. The zero-order valence-electron chi connectivity index (χ0n) is 14.4. The second-order valence-electron chi connectivity index (χ2n) is 5.52. The molecule has 0 saturated heterocycles. The highest BCUT2D eigenvalue weighted by Crippen LogP contribution is 2.19. The number of aliphatic carboxylic acids is 1. The molecule has 1 N–H and O–H groups in total. The first-order valence-electron chi connectivity index (χ1n) is 8.00. The number of para-hydroxylation sites is 1. The molecule has 0 heterocycles. The Bertz CT molecular complexity index is 916. The summed E-state index contributed by atoms with van der Waals surface area (Å²) in [5, 5.41) is 19.8. The molecule has 27 heavy (non-hydrogen) atoms. The fourth-order valence-electron chi connectivity index (χ4n) is 2.17. The Kier molecular flexibility index (Phi) is 6.60. The molecule has 0 saturated carbocycles. The Morgan fingerprint density at radius 1 is 1.15 bits per heavy atom. The maximum Gasteiger partial charge on any atom is 0.344 e. The zero-order chi connectivity index (χ0) is 19.8. The van der Waals surface area contributed by atoms with Gasteiger partial charge in [0.2, 0.25) is 0 Å². The van der Waals surface area contributed by atoms with E-state index in [-0.39, 0.29) is 17.2 Å². The summed E-state index contributed by atoms with van der Waals surface area (Å²) in [5.74, 6) is -1.14. The average molecular weight is 367 g/mol. The van der Waals surface area contributed by atoms with Crippen molar-refractivity contribution in [1.29, 1.82) is 0 Å². The van der Waals surface area contributed by atoms with Crippen LogP contribution >= 0.6 is 0 Å². The van der Waals surface area contributed by atoms with Crippen LogP contribution in [0.3, 0.4) is 0 Å². The minimum atomic E-state index is -1.10. The lowest BCUT2D eigenvalue weighted by molar-refractivity contribution is -0.385. The van der Waals surface area contributed by atoms with Crippen LogP contribution in [0.4, 0.5) is 5.69 Å². The summed E-state index contributed by atoms with van der Waals surface area (Å²) in [7, 11) is 0. The maximum atomic E-state index is 12.2. The van der Waals surface area contributed by atoms with E-state index in [0.29, 0.717) is 11.1 Å². The third-order valence-electron chi connectivity index (χ3n) is 3.55. The van der Waals surface area contributed by atoms with Crippen molar-refractivity contribution in [2.75, 3.05) is 0 Å². The maximum absolute atomic E-state index is 12.2. The molecule has 0 bridgehead atoms. The number of benzene rings is 2. The number of ether oxygens (including phenoxy) is 1. The molecule has 1 unspecified atom stereocenters. The highest BCUT2D eigenvalue weighted by Gasteiger charge is 2.13. The van der Waals surface area contributed by atoms with Crippen LogP contribution in [0.1, 0.15) is 22.8 Å². The van der Waals surface area contributed by atoms with Crippen molar-refractivity contribution in [2.24, 2.45) is 0 Å². The topological polar surface area (TPSA) is 107 Å². The van der Waals surface area contributed by atoms with Gasteiger partial charge in [0, 0.05) is 11.6 Å². The van der Waals surface area contributed by atoms with E-state index in [1.807, 2.05) is 0 Å². The van der Waals surface area contributed by atoms with Gasteiger partial charge in [0.25, 0.3) is 5.69 Å². The number of ketones is 1. The Balaban J connectivity index is 2.07. The van der Waals surface area contributed by atoms with Crippen LogP contribution in [0.5, 0.6) is 5.75 Å². The number of carbonyl (C=O) groups excluding carboxylic acids is 1. The molecule has 1 atom stereocenters. The van der Waals surface area contributed by atoms with E-state index in [1.165, 1.54) is 43.4 Å². The van der Waals surface area contributed by atoms with E-state index in [4.69, 9.17) is 9.84 Å². The molecule has 2 aromatic carbocycles. The first-order valence-corrected chi connectivity index (χ1v) is 8.00. The summed E-state index contributed by atoms with van der Waals surface area (Å²) in [6.45, 7) is 1.39. The van der Waals surface area contributed by atoms with Gasteiger partial charge >= 0.3 is 5.97 Å². The predicted octanol–water partition coefficient (Wildman–Crippen LogP) is 3.90. The Hall–Kier alpha value is -3.74. The van der Waals surface area contributed by atoms with Crippen LogP contribution in [-0.2, 0) is 4.79 Å². The van der Waals surface area contributed by atoms with Crippen LogP contribution in [0.25, 0.3) is 6.08 Å². The lowest BCUT2D eigenvalue weighted by Crippen LogP contribution is -2.22. The molecule has 0 spiro atoms. The van der Waals surface area contributed by atoms with Crippen LogP contribution in [0.15, 0.2) is 66.8 Å². The standard InChI is InChI=1S/C20H17NO6/c1-14(20(23)24)27-17-10-6-9-16(13-17)19(22)12-5-3-8-15-7-2-4-11-18(15)21(25)26/h2-14H,1H3,(H,23,24)/b8-3+,12-5+. The van der Waals surface area contributed by atoms with Gasteiger partial charge in [0.15, 0.2) is 11.9 Å². The van der Waals surface area contributed by atoms with Gasteiger partial charge in [-0.05, 0) is 37.3 Å². The van der Waals surface area contributed by atoms with Gasteiger partial charge in [-0.3, -0.25) is 14.9 Å². The van der Waals surface area contributed by atoms with Gasteiger partial charge in [0.05, 0.1) is 10.5 Å². The fourth-order valence-corrected chi connectivity index (χ4v) is 2.17. The van der Waals surface area contributed by atoms with Crippen molar-refractivity contribution in [3.05, 3.63) is 88.0 Å². The highest BCUT2D eigenvalue weighted by molar-refractivity contribution is 6.04. The van der Waals surface area contributed by atoms with Crippen molar-refractivity contribution in [2.45, 2.75) is 13.0 Å². The van der Waals surface area contributed by atoms with Gasteiger partial charge < -0.3 is 9.84 Å². The quantitative estimate of drug-likeness (QED) is 0.249. The van der Waals surface area contributed by atoms with Crippen LogP contribution in [-0.4, -0.2) is 27.9 Å². The summed E-state index contributed by atoms with van der Waals surface area (Å²) < 4.78 is 5.23. The smallest absolute Gasteiger partial charge is 0.344 e. The Morgan fingerprint density at radius 3 is 2.59 bits per heavy atom. The monoisotopic (exact) mass is 367 g/mol. The van der Waals surface area contributed by atoms with Crippen molar-refractivity contribution in [3.63, 3.8) is 0 Å². The Labute approximate surface area is 155 Å². The van der Waals surface area contributed by atoms with Crippen LogP contribution in [0, 0.1) is 10.1 Å². The normalized spacial score (nSPS) is 12.2. The third-order valence-corrected chi connectivity index (χ3v) is 3.55. The molecule has 0 aromatic heterocycles. The number of hydrogen-bond donors (Lipinski definition) is 1. The molecular weight excluding hydrogens is 350 g/mol. The van der Waals surface area contributed by atoms with Crippen molar-refractivity contribution >= 4 is 23.5 Å². The van der Waals surface area contributed by atoms with E-state index in [9.17, 15) is 19.7 Å². The van der Waals surface area contributed by atoms with Gasteiger partial charge in [0.1, 0.15) is 5.75 Å². The molecule has 0 aliphatic rings. The van der Waals surface area contributed by atoms with E-state index in [2.05, 4.69) is 0 Å². The van der Waals surface area contributed by atoms with Crippen molar-refractivity contribution in [3.8, 4) is 5.75 Å². The number of rotatable bonds is 8. The van der Waals surface area contributed by atoms with Gasteiger partial charge in [-0.15, -0.1) is 0 Å². The lowest BCUT2D eigenvalue weighted by atomic mass is 10.1. The van der Waals surface area contributed by atoms with Crippen LogP contribution < -0.4 is 4.74 Å². The molecule has 2 rings (SSSR count). The summed E-state index contributed by atoms with van der Waals surface area (Å²) >= 11 is 0. The van der Waals surface area contributed by atoms with E-state index in [0.717, 1.165) is 0 Å². The van der Waals surface area contributed by atoms with Gasteiger partial charge in [-0.25, -0.2) is 4.79 Å². The molecule has 2 aromatic rings. The molecule has 0 fully saturated rings.